The summed E-state index contributed by atoms with van der Waals surface area (Å²) >= 11 is 0. The smallest absolute Gasteiger partial charge is 0.216 e. The van der Waals surface area contributed by atoms with E-state index in [9.17, 15) is 9.90 Å². The molecular weight excluding hydrogens is 180 g/mol. The van der Waals surface area contributed by atoms with Crippen LogP contribution in [0.1, 0.15) is 27.7 Å². The first-order valence-electron chi connectivity index (χ1n) is 5.04. The molecule has 0 aromatic heterocycles. The maximum atomic E-state index is 10.6. The van der Waals surface area contributed by atoms with Gasteiger partial charge in [-0.15, -0.1) is 0 Å². The zero-order valence-corrected chi connectivity index (χ0v) is 9.63. The van der Waals surface area contributed by atoms with E-state index in [4.69, 9.17) is 0 Å². The van der Waals surface area contributed by atoms with Gasteiger partial charge in [0.25, 0.3) is 0 Å². The molecule has 0 aliphatic rings. The molecule has 0 fully saturated rings. The van der Waals surface area contributed by atoms with E-state index in [1.54, 1.807) is 13.8 Å². The fourth-order valence-corrected chi connectivity index (χ4v) is 1.29. The average molecular weight is 202 g/mol. The topological polar surface area (TPSA) is 52.6 Å². The summed E-state index contributed by atoms with van der Waals surface area (Å²) in [5.74, 6) is -0.00990. The summed E-state index contributed by atoms with van der Waals surface area (Å²) in [5.41, 5.74) is -0.674. The van der Waals surface area contributed by atoms with Crippen LogP contribution in [-0.4, -0.2) is 47.7 Å². The Morgan fingerprint density at radius 3 is 2.43 bits per heavy atom. The molecule has 0 radical (unpaired) electrons. The van der Waals surface area contributed by atoms with E-state index in [1.807, 2.05) is 6.92 Å². The van der Waals surface area contributed by atoms with Crippen molar-refractivity contribution in [3.8, 4) is 0 Å². The number of aliphatic hydroxyl groups is 1. The quantitative estimate of drug-likeness (QED) is 0.647. The number of hydrogen-bond donors (Lipinski definition) is 2. The summed E-state index contributed by atoms with van der Waals surface area (Å²) in [6.45, 7) is 10.0. The Morgan fingerprint density at radius 1 is 1.50 bits per heavy atom. The van der Waals surface area contributed by atoms with Crippen LogP contribution >= 0.6 is 0 Å². The highest BCUT2D eigenvalue weighted by Crippen LogP contribution is 2.03. The molecule has 14 heavy (non-hydrogen) atoms. The first-order valence-corrected chi connectivity index (χ1v) is 5.04. The van der Waals surface area contributed by atoms with Gasteiger partial charge >= 0.3 is 0 Å². The van der Waals surface area contributed by atoms with Gasteiger partial charge in [-0.3, -0.25) is 9.69 Å². The van der Waals surface area contributed by atoms with E-state index >= 15 is 0 Å². The normalized spacial score (nSPS) is 11.9. The zero-order chi connectivity index (χ0) is 11.2. The highest BCUT2D eigenvalue weighted by atomic mass is 16.3. The van der Waals surface area contributed by atoms with Gasteiger partial charge in [0, 0.05) is 26.6 Å². The fourth-order valence-electron chi connectivity index (χ4n) is 1.29. The van der Waals surface area contributed by atoms with Gasteiger partial charge in [0.2, 0.25) is 5.91 Å². The van der Waals surface area contributed by atoms with Gasteiger partial charge in [0.1, 0.15) is 0 Å². The van der Waals surface area contributed by atoms with Crippen molar-refractivity contribution in [3.05, 3.63) is 0 Å². The van der Waals surface area contributed by atoms with Crippen LogP contribution in [0.5, 0.6) is 0 Å². The molecule has 0 atom stereocenters. The molecule has 0 bridgehead atoms. The SMILES string of the molecule is CCN(CCNC(C)=O)CC(C)(C)O. The van der Waals surface area contributed by atoms with Crippen molar-refractivity contribution >= 4 is 5.91 Å². The summed E-state index contributed by atoms with van der Waals surface area (Å²) in [6.07, 6.45) is 0. The minimum atomic E-state index is -0.674. The van der Waals surface area contributed by atoms with Crippen LogP contribution in [0.4, 0.5) is 0 Å². The second-order valence-electron chi connectivity index (χ2n) is 4.16. The van der Waals surface area contributed by atoms with Gasteiger partial charge in [-0.2, -0.15) is 0 Å². The van der Waals surface area contributed by atoms with Crippen molar-refractivity contribution < 1.29 is 9.90 Å². The van der Waals surface area contributed by atoms with E-state index in [0.717, 1.165) is 13.1 Å². The van der Waals surface area contributed by atoms with E-state index in [0.29, 0.717) is 13.1 Å². The van der Waals surface area contributed by atoms with Gasteiger partial charge in [0.15, 0.2) is 0 Å². The van der Waals surface area contributed by atoms with E-state index in [1.165, 1.54) is 6.92 Å². The Morgan fingerprint density at radius 2 is 2.07 bits per heavy atom. The predicted octanol–water partition coefficient (Wildman–Crippen LogP) is 0.215. The Hall–Kier alpha value is -0.610. The van der Waals surface area contributed by atoms with Crippen LogP contribution in [-0.2, 0) is 4.79 Å². The fraction of sp³-hybridized carbons (Fsp3) is 0.900. The maximum absolute atomic E-state index is 10.6. The molecule has 4 heteroatoms. The standard InChI is InChI=1S/C10H22N2O2/c1-5-12(8-10(3,4)14)7-6-11-9(2)13/h14H,5-8H2,1-4H3,(H,11,13). The lowest BCUT2D eigenvalue weighted by Gasteiger charge is -2.27. The monoisotopic (exact) mass is 202 g/mol. The summed E-state index contributed by atoms with van der Waals surface area (Å²) in [4.78, 5) is 12.7. The molecule has 2 N–H and O–H groups in total. The minimum Gasteiger partial charge on any atom is -0.389 e. The number of nitrogens with one attached hydrogen (secondary N) is 1. The predicted molar refractivity (Wildman–Crippen MR) is 57.1 cm³/mol. The van der Waals surface area contributed by atoms with Crippen LogP contribution in [0.25, 0.3) is 0 Å². The van der Waals surface area contributed by atoms with Gasteiger partial charge in [0.05, 0.1) is 5.60 Å². The first kappa shape index (κ1) is 13.4. The summed E-state index contributed by atoms with van der Waals surface area (Å²) < 4.78 is 0. The largest absolute Gasteiger partial charge is 0.389 e. The van der Waals surface area contributed by atoms with Crippen molar-refractivity contribution in [3.63, 3.8) is 0 Å². The Balaban J connectivity index is 3.74. The number of rotatable bonds is 6. The van der Waals surface area contributed by atoms with E-state index < -0.39 is 5.60 Å². The van der Waals surface area contributed by atoms with E-state index in [-0.39, 0.29) is 5.91 Å². The lowest BCUT2D eigenvalue weighted by molar-refractivity contribution is -0.119. The molecule has 0 heterocycles. The molecule has 0 aromatic rings. The van der Waals surface area contributed by atoms with Crippen LogP contribution in [0.3, 0.4) is 0 Å². The molecule has 0 saturated carbocycles. The number of amides is 1. The van der Waals surface area contributed by atoms with Gasteiger partial charge < -0.3 is 10.4 Å². The lowest BCUT2D eigenvalue weighted by atomic mass is 10.1. The number of nitrogens with zero attached hydrogens (tertiary/aromatic N) is 1. The minimum absolute atomic E-state index is 0.00990. The van der Waals surface area contributed by atoms with Crippen LogP contribution in [0.2, 0.25) is 0 Å². The molecule has 1 amide bonds. The van der Waals surface area contributed by atoms with Gasteiger partial charge in [-0.25, -0.2) is 0 Å². The van der Waals surface area contributed by atoms with Gasteiger partial charge in [-0.1, -0.05) is 6.92 Å². The summed E-state index contributed by atoms with van der Waals surface area (Å²) in [5, 5.41) is 12.3. The molecule has 0 saturated heterocycles. The Kier molecular flexibility index (Phi) is 5.72. The third kappa shape index (κ3) is 8.01. The first-order chi connectivity index (χ1) is 6.35. The Labute approximate surface area is 86.3 Å². The third-order valence-corrected chi connectivity index (χ3v) is 1.86. The number of carbonyl (C=O) groups is 1. The van der Waals surface area contributed by atoms with Crippen molar-refractivity contribution in [1.82, 2.24) is 10.2 Å². The second-order valence-corrected chi connectivity index (χ2v) is 4.16. The average Bonchev–Trinajstić information content (AvgIpc) is 1.99. The molecular formula is C10H22N2O2. The zero-order valence-electron chi connectivity index (χ0n) is 9.63. The van der Waals surface area contributed by atoms with Crippen molar-refractivity contribution in [1.29, 1.82) is 0 Å². The molecule has 0 unspecified atom stereocenters. The summed E-state index contributed by atoms with van der Waals surface area (Å²) in [7, 11) is 0. The molecule has 84 valence electrons. The molecule has 0 aliphatic carbocycles. The number of hydrogen-bond acceptors (Lipinski definition) is 3. The molecule has 0 rings (SSSR count). The molecule has 0 aliphatic heterocycles. The number of likely N-dealkylation sites (N-methyl/N-ethyl adjacent to an activating group) is 1. The van der Waals surface area contributed by atoms with Gasteiger partial charge in [-0.05, 0) is 20.4 Å². The van der Waals surface area contributed by atoms with Crippen LogP contribution < -0.4 is 5.32 Å². The lowest BCUT2D eigenvalue weighted by Crippen LogP contribution is -2.42. The molecule has 4 nitrogen and oxygen atoms in total. The number of carbonyl (C=O) groups excluding carboxylic acids is 1. The molecule has 0 spiro atoms. The second kappa shape index (κ2) is 5.98. The maximum Gasteiger partial charge on any atom is 0.216 e. The summed E-state index contributed by atoms with van der Waals surface area (Å²) in [6, 6.07) is 0. The van der Waals surface area contributed by atoms with Crippen molar-refractivity contribution in [2.24, 2.45) is 0 Å². The Bertz CT molecular complexity index is 175. The van der Waals surface area contributed by atoms with Crippen molar-refractivity contribution in [2.75, 3.05) is 26.2 Å². The van der Waals surface area contributed by atoms with Crippen molar-refractivity contribution in [2.45, 2.75) is 33.3 Å². The molecule has 0 aromatic carbocycles. The van der Waals surface area contributed by atoms with E-state index in [2.05, 4.69) is 10.2 Å². The highest BCUT2D eigenvalue weighted by molar-refractivity contribution is 5.72. The highest BCUT2D eigenvalue weighted by Gasteiger charge is 2.16. The third-order valence-electron chi connectivity index (χ3n) is 1.86. The van der Waals surface area contributed by atoms with Crippen LogP contribution in [0, 0.1) is 0 Å². The van der Waals surface area contributed by atoms with Crippen LogP contribution in [0.15, 0.2) is 0 Å².